The molecule has 1 aromatic carbocycles. The third kappa shape index (κ3) is 3.90. The fourth-order valence-electron chi connectivity index (χ4n) is 4.16. The van der Waals surface area contributed by atoms with Gasteiger partial charge < -0.3 is 11.1 Å². The molecule has 4 aromatic rings. The van der Waals surface area contributed by atoms with E-state index >= 15 is 0 Å². The first-order chi connectivity index (χ1) is 17.3. The van der Waals surface area contributed by atoms with E-state index in [0.717, 1.165) is 10.8 Å². The summed E-state index contributed by atoms with van der Waals surface area (Å²) in [4.78, 5) is 29.5. The maximum absolute atomic E-state index is 13.5. The molecule has 0 spiro atoms. The topological polar surface area (TPSA) is 124 Å². The Morgan fingerprint density at radius 3 is 2.46 bits per heavy atom. The minimum absolute atomic E-state index is 0.0203. The van der Waals surface area contributed by atoms with Crippen molar-refractivity contribution in [2.24, 2.45) is 0 Å². The number of alkyl halides is 5. The van der Waals surface area contributed by atoms with Gasteiger partial charge in [-0.3, -0.25) is 4.79 Å². The van der Waals surface area contributed by atoms with Crippen LogP contribution in [-0.4, -0.2) is 47.6 Å². The number of amides is 1. The molecule has 1 aliphatic rings. The smallest absolute Gasteiger partial charge is 0.383 e. The highest BCUT2D eigenvalue weighted by molar-refractivity contribution is 6.09. The first kappa shape index (κ1) is 24.4. The predicted molar refractivity (Wildman–Crippen MR) is 117 cm³/mol. The fourth-order valence-corrected chi connectivity index (χ4v) is 4.16. The molecule has 4 heterocycles. The zero-order valence-electron chi connectivity index (χ0n) is 18.8. The fraction of sp³-hybridized carbons (Fsp3) is 0.273. The van der Waals surface area contributed by atoms with E-state index in [1.807, 2.05) is 0 Å². The standard InChI is InChI=1S/C22H16F6N8O/c1-20(10-2-4-11(23)5-3-10)14-15(29)33-16(34-17(14)35-19(20)37)13-8-36-18(30-9-31-36)12(32-13)6-7-21(24,25)22(26,27)28/h2-5,8-9H,6-7H2,1H3,(H3,29,33,34,35,37). The Morgan fingerprint density at radius 2 is 1.78 bits per heavy atom. The van der Waals surface area contributed by atoms with Crippen LogP contribution in [0.5, 0.6) is 0 Å². The molecule has 1 atom stereocenters. The zero-order valence-corrected chi connectivity index (χ0v) is 18.8. The molecular weight excluding hydrogens is 506 g/mol. The van der Waals surface area contributed by atoms with Crippen molar-refractivity contribution < 1.29 is 31.1 Å². The van der Waals surface area contributed by atoms with Crippen molar-refractivity contribution in [1.82, 2.24) is 29.5 Å². The number of anilines is 2. The second kappa shape index (κ2) is 8.11. The molecule has 1 amide bonds. The van der Waals surface area contributed by atoms with E-state index in [1.165, 1.54) is 30.5 Å². The minimum atomic E-state index is -5.72. The zero-order chi connectivity index (χ0) is 26.8. The van der Waals surface area contributed by atoms with Gasteiger partial charge in [0, 0.05) is 6.42 Å². The number of nitrogens with one attached hydrogen (secondary N) is 1. The third-order valence-electron chi connectivity index (χ3n) is 6.20. The second-order valence-electron chi connectivity index (χ2n) is 8.55. The van der Waals surface area contributed by atoms with Gasteiger partial charge in [0.2, 0.25) is 5.91 Å². The minimum Gasteiger partial charge on any atom is -0.383 e. The molecule has 1 aliphatic heterocycles. The van der Waals surface area contributed by atoms with E-state index in [9.17, 15) is 31.1 Å². The van der Waals surface area contributed by atoms with Crippen molar-refractivity contribution in [2.75, 3.05) is 11.1 Å². The van der Waals surface area contributed by atoms with Gasteiger partial charge in [0.25, 0.3) is 0 Å². The molecule has 9 nitrogen and oxygen atoms in total. The van der Waals surface area contributed by atoms with Crippen LogP contribution in [0, 0.1) is 5.82 Å². The third-order valence-corrected chi connectivity index (χ3v) is 6.20. The number of fused-ring (bicyclic) bond motifs is 2. The molecule has 0 saturated carbocycles. The van der Waals surface area contributed by atoms with Crippen LogP contribution in [-0.2, 0) is 16.6 Å². The summed E-state index contributed by atoms with van der Waals surface area (Å²) in [6.07, 6.45) is -5.68. The number of carbonyl (C=O) groups excluding carboxylic acids is 1. The van der Waals surface area contributed by atoms with E-state index in [4.69, 9.17) is 5.73 Å². The van der Waals surface area contributed by atoms with Crippen LogP contribution >= 0.6 is 0 Å². The average molecular weight is 522 g/mol. The number of aryl methyl sites for hydroxylation is 1. The Kier molecular flexibility index (Phi) is 5.35. The molecule has 0 fully saturated rings. The summed E-state index contributed by atoms with van der Waals surface area (Å²) in [5, 5.41) is 6.51. The lowest BCUT2D eigenvalue weighted by Crippen LogP contribution is -2.36. The number of benzene rings is 1. The number of carbonyl (C=O) groups is 1. The van der Waals surface area contributed by atoms with E-state index < -0.39 is 42.1 Å². The van der Waals surface area contributed by atoms with Crippen molar-refractivity contribution >= 4 is 23.2 Å². The van der Waals surface area contributed by atoms with Crippen molar-refractivity contribution in [2.45, 2.75) is 37.3 Å². The number of halogens is 6. The van der Waals surface area contributed by atoms with Gasteiger partial charge in [-0.1, -0.05) is 12.1 Å². The quantitative estimate of drug-likeness (QED) is 0.383. The Labute approximate surface area is 203 Å². The summed E-state index contributed by atoms with van der Waals surface area (Å²) in [6, 6.07) is 5.25. The summed E-state index contributed by atoms with van der Waals surface area (Å²) in [5.74, 6) is -6.14. The Morgan fingerprint density at radius 1 is 1.08 bits per heavy atom. The highest BCUT2D eigenvalue weighted by Gasteiger charge is 2.56. The number of nitrogen functional groups attached to an aromatic ring is 1. The first-order valence-corrected chi connectivity index (χ1v) is 10.7. The second-order valence-corrected chi connectivity index (χ2v) is 8.55. The number of hydrogen-bond donors (Lipinski definition) is 2. The van der Waals surface area contributed by atoms with Gasteiger partial charge >= 0.3 is 12.1 Å². The largest absolute Gasteiger partial charge is 0.453 e. The number of rotatable bonds is 5. The van der Waals surface area contributed by atoms with Gasteiger partial charge in [0.1, 0.15) is 34.9 Å². The normalized spacial score (nSPS) is 17.8. The molecule has 0 bridgehead atoms. The molecule has 0 saturated heterocycles. The maximum Gasteiger partial charge on any atom is 0.453 e. The van der Waals surface area contributed by atoms with Crippen molar-refractivity contribution in [1.29, 1.82) is 0 Å². The van der Waals surface area contributed by atoms with Gasteiger partial charge in [-0.05, 0) is 31.0 Å². The van der Waals surface area contributed by atoms with Gasteiger partial charge in [-0.2, -0.15) is 27.1 Å². The van der Waals surface area contributed by atoms with Crippen LogP contribution in [0.3, 0.4) is 0 Å². The molecule has 3 N–H and O–H groups in total. The highest BCUT2D eigenvalue weighted by Crippen LogP contribution is 2.45. The summed E-state index contributed by atoms with van der Waals surface area (Å²) in [5.41, 5.74) is 5.26. The van der Waals surface area contributed by atoms with Gasteiger partial charge in [-0.15, -0.1) is 0 Å². The highest BCUT2D eigenvalue weighted by atomic mass is 19.4. The summed E-state index contributed by atoms with van der Waals surface area (Å²) >= 11 is 0. The van der Waals surface area contributed by atoms with Crippen LogP contribution in [0.15, 0.2) is 36.8 Å². The van der Waals surface area contributed by atoms with E-state index in [-0.39, 0.29) is 40.1 Å². The molecule has 37 heavy (non-hydrogen) atoms. The number of hydrogen-bond acceptors (Lipinski definition) is 7. The molecule has 0 radical (unpaired) electrons. The van der Waals surface area contributed by atoms with E-state index in [2.05, 4.69) is 30.4 Å². The number of nitrogens with zero attached hydrogens (tertiary/aromatic N) is 6. The Hall–Kier alpha value is -4.30. The van der Waals surface area contributed by atoms with Crippen LogP contribution in [0.4, 0.5) is 38.0 Å². The van der Waals surface area contributed by atoms with E-state index in [1.54, 1.807) is 6.92 Å². The van der Waals surface area contributed by atoms with Crippen molar-refractivity contribution in [3.8, 4) is 11.5 Å². The lowest BCUT2D eigenvalue weighted by Gasteiger charge is -2.23. The molecule has 5 rings (SSSR count). The van der Waals surface area contributed by atoms with Crippen molar-refractivity contribution in [3.63, 3.8) is 0 Å². The molecule has 3 aromatic heterocycles. The number of aromatic nitrogens is 6. The van der Waals surface area contributed by atoms with E-state index in [0.29, 0.717) is 5.56 Å². The van der Waals surface area contributed by atoms with Crippen LogP contribution in [0.25, 0.3) is 17.2 Å². The molecule has 15 heteroatoms. The average Bonchev–Trinajstić information content (AvgIpc) is 3.40. The summed E-state index contributed by atoms with van der Waals surface area (Å²) in [7, 11) is 0. The molecule has 1 unspecified atom stereocenters. The van der Waals surface area contributed by atoms with Crippen molar-refractivity contribution in [3.05, 3.63) is 59.4 Å². The first-order valence-electron chi connectivity index (χ1n) is 10.7. The Balaban J connectivity index is 1.57. The molecule has 0 aliphatic carbocycles. The summed E-state index contributed by atoms with van der Waals surface area (Å²) < 4.78 is 79.6. The summed E-state index contributed by atoms with van der Waals surface area (Å²) in [6.45, 7) is 1.57. The monoisotopic (exact) mass is 522 g/mol. The predicted octanol–water partition coefficient (Wildman–Crippen LogP) is 3.69. The van der Waals surface area contributed by atoms with Gasteiger partial charge in [0.05, 0.1) is 17.5 Å². The van der Waals surface area contributed by atoms with Gasteiger partial charge in [0.15, 0.2) is 11.5 Å². The molecule has 192 valence electrons. The lowest BCUT2D eigenvalue weighted by molar-refractivity contribution is -0.284. The molecular formula is C22H16F6N8O. The van der Waals surface area contributed by atoms with Crippen LogP contribution in [0.1, 0.15) is 30.2 Å². The Bertz CT molecular complexity index is 1530. The van der Waals surface area contributed by atoms with Crippen LogP contribution in [0.2, 0.25) is 0 Å². The maximum atomic E-state index is 13.5. The number of nitrogens with two attached hydrogens (primary N) is 1. The lowest BCUT2D eigenvalue weighted by atomic mass is 9.78. The van der Waals surface area contributed by atoms with Crippen LogP contribution < -0.4 is 11.1 Å². The SMILES string of the molecule is CC1(c2ccc(F)cc2)C(=O)Nc2nc(-c3cn4ncnc4c(CCC(F)(F)C(F)(F)F)n3)nc(N)c21. The van der Waals surface area contributed by atoms with Gasteiger partial charge in [-0.25, -0.2) is 28.8 Å².